The molecule has 2 aromatic heterocycles. The van der Waals surface area contributed by atoms with Crippen LogP contribution in [0.3, 0.4) is 0 Å². The average molecular weight is 198 g/mol. The first-order valence-corrected chi connectivity index (χ1v) is 3.79. The van der Waals surface area contributed by atoms with E-state index in [0.29, 0.717) is 10.7 Å². The number of carboxylic acids is 1. The SMILES string of the molecule is O=C(O)c1cn2ncc(Cl)cc2n1. The lowest BCUT2D eigenvalue weighted by atomic mass is 10.5. The first kappa shape index (κ1) is 8.00. The number of aromatic carboxylic acids is 1. The number of halogens is 1. The van der Waals surface area contributed by atoms with E-state index in [0.717, 1.165) is 0 Å². The first-order valence-electron chi connectivity index (χ1n) is 3.41. The number of rotatable bonds is 1. The minimum absolute atomic E-state index is 0.0465. The normalized spacial score (nSPS) is 10.5. The number of hydrogen-bond donors (Lipinski definition) is 1. The topological polar surface area (TPSA) is 67.5 Å². The summed E-state index contributed by atoms with van der Waals surface area (Å²) in [6.07, 6.45) is 2.75. The zero-order chi connectivity index (χ0) is 9.42. The van der Waals surface area contributed by atoms with Crippen LogP contribution in [0.4, 0.5) is 0 Å². The minimum Gasteiger partial charge on any atom is -0.476 e. The first-order chi connectivity index (χ1) is 6.16. The third-order valence-electron chi connectivity index (χ3n) is 1.51. The van der Waals surface area contributed by atoms with Crippen molar-refractivity contribution in [1.29, 1.82) is 0 Å². The van der Waals surface area contributed by atoms with Crippen LogP contribution >= 0.6 is 11.6 Å². The van der Waals surface area contributed by atoms with Crippen LogP contribution in [-0.2, 0) is 0 Å². The molecule has 2 rings (SSSR count). The average Bonchev–Trinajstić information content (AvgIpc) is 2.46. The smallest absolute Gasteiger partial charge is 0.356 e. The molecule has 0 unspecified atom stereocenters. The summed E-state index contributed by atoms with van der Waals surface area (Å²) in [5.74, 6) is -1.08. The molecule has 13 heavy (non-hydrogen) atoms. The minimum atomic E-state index is -1.08. The van der Waals surface area contributed by atoms with Gasteiger partial charge in [0.05, 0.1) is 17.4 Å². The van der Waals surface area contributed by atoms with E-state index in [1.54, 1.807) is 6.07 Å². The molecule has 66 valence electrons. The Kier molecular flexibility index (Phi) is 1.66. The lowest BCUT2D eigenvalue weighted by Crippen LogP contribution is -1.95. The Morgan fingerprint density at radius 3 is 3.08 bits per heavy atom. The number of carboxylic acid groups (broad SMARTS) is 1. The number of fused-ring (bicyclic) bond motifs is 1. The van der Waals surface area contributed by atoms with Gasteiger partial charge >= 0.3 is 5.97 Å². The molecule has 0 bridgehead atoms. The van der Waals surface area contributed by atoms with Crippen LogP contribution in [0.25, 0.3) is 5.65 Å². The Hall–Kier alpha value is -1.62. The maximum Gasteiger partial charge on any atom is 0.356 e. The third kappa shape index (κ3) is 1.33. The second-order valence-corrected chi connectivity index (χ2v) is 2.84. The van der Waals surface area contributed by atoms with Gasteiger partial charge in [-0.3, -0.25) is 0 Å². The maximum atomic E-state index is 10.5. The number of imidazole rings is 1. The number of aromatic nitrogens is 3. The van der Waals surface area contributed by atoms with Crippen molar-refractivity contribution >= 4 is 23.2 Å². The van der Waals surface area contributed by atoms with Crippen molar-refractivity contribution in [3.05, 3.63) is 29.2 Å². The third-order valence-corrected chi connectivity index (χ3v) is 1.71. The molecule has 2 heterocycles. The summed E-state index contributed by atoms with van der Waals surface area (Å²) in [6.45, 7) is 0. The Morgan fingerprint density at radius 2 is 2.38 bits per heavy atom. The molecular formula is C7H4ClN3O2. The van der Waals surface area contributed by atoms with E-state index in [1.165, 1.54) is 16.9 Å². The van der Waals surface area contributed by atoms with Crippen LogP contribution < -0.4 is 0 Å². The van der Waals surface area contributed by atoms with E-state index in [-0.39, 0.29) is 5.69 Å². The van der Waals surface area contributed by atoms with Crippen molar-refractivity contribution in [2.45, 2.75) is 0 Å². The van der Waals surface area contributed by atoms with Crippen molar-refractivity contribution in [2.75, 3.05) is 0 Å². The van der Waals surface area contributed by atoms with Crippen LogP contribution in [0.1, 0.15) is 10.5 Å². The highest BCUT2D eigenvalue weighted by Crippen LogP contribution is 2.09. The molecule has 0 saturated heterocycles. The molecule has 0 atom stereocenters. The number of carbonyl (C=O) groups is 1. The molecule has 1 N–H and O–H groups in total. The summed E-state index contributed by atoms with van der Waals surface area (Å²) in [5, 5.41) is 12.9. The van der Waals surface area contributed by atoms with E-state index in [2.05, 4.69) is 10.1 Å². The highest BCUT2D eigenvalue weighted by Gasteiger charge is 2.08. The Labute approximate surface area is 77.6 Å². The summed E-state index contributed by atoms with van der Waals surface area (Å²) in [5.41, 5.74) is 0.375. The van der Waals surface area contributed by atoms with Crippen LogP contribution in [0.5, 0.6) is 0 Å². The fourth-order valence-electron chi connectivity index (χ4n) is 0.957. The van der Waals surface area contributed by atoms with Crippen molar-refractivity contribution in [1.82, 2.24) is 14.6 Å². The maximum absolute atomic E-state index is 10.5. The van der Waals surface area contributed by atoms with E-state index >= 15 is 0 Å². The summed E-state index contributed by atoms with van der Waals surface area (Å²) in [4.78, 5) is 14.3. The fraction of sp³-hybridized carbons (Fsp3) is 0. The molecule has 0 spiro atoms. The van der Waals surface area contributed by atoms with E-state index < -0.39 is 5.97 Å². The quantitative estimate of drug-likeness (QED) is 0.743. The molecule has 5 nitrogen and oxygen atoms in total. The second kappa shape index (κ2) is 2.70. The van der Waals surface area contributed by atoms with Crippen molar-refractivity contribution in [2.24, 2.45) is 0 Å². The molecule has 0 aliphatic heterocycles. The van der Waals surface area contributed by atoms with Gasteiger partial charge in [0.1, 0.15) is 0 Å². The summed E-state index contributed by atoms with van der Waals surface area (Å²) in [6, 6.07) is 1.54. The summed E-state index contributed by atoms with van der Waals surface area (Å²) < 4.78 is 1.36. The molecule has 0 amide bonds. The molecule has 0 radical (unpaired) electrons. The zero-order valence-electron chi connectivity index (χ0n) is 6.31. The lowest BCUT2D eigenvalue weighted by Gasteiger charge is -1.89. The highest BCUT2D eigenvalue weighted by atomic mass is 35.5. The molecule has 0 aliphatic rings. The van der Waals surface area contributed by atoms with Crippen LogP contribution in [0.15, 0.2) is 18.5 Å². The lowest BCUT2D eigenvalue weighted by molar-refractivity contribution is 0.0691. The predicted molar refractivity (Wildman–Crippen MR) is 45.0 cm³/mol. The zero-order valence-corrected chi connectivity index (χ0v) is 7.06. The van der Waals surface area contributed by atoms with E-state index in [1.807, 2.05) is 0 Å². The van der Waals surface area contributed by atoms with Gasteiger partial charge in [-0.25, -0.2) is 14.3 Å². The van der Waals surface area contributed by atoms with Gasteiger partial charge in [-0.2, -0.15) is 5.10 Å². The van der Waals surface area contributed by atoms with Crippen molar-refractivity contribution in [3.63, 3.8) is 0 Å². The van der Waals surface area contributed by atoms with Gasteiger partial charge in [0.15, 0.2) is 11.3 Å². The van der Waals surface area contributed by atoms with Gasteiger partial charge < -0.3 is 5.11 Å². The predicted octanol–water partition coefficient (Wildman–Crippen LogP) is 1.08. The number of hydrogen-bond acceptors (Lipinski definition) is 3. The van der Waals surface area contributed by atoms with Crippen LogP contribution in [-0.4, -0.2) is 25.7 Å². The largest absolute Gasteiger partial charge is 0.476 e. The van der Waals surface area contributed by atoms with Gasteiger partial charge in [-0.1, -0.05) is 11.6 Å². The van der Waals surface area contributed by atoms with Crippen LogP contribution in [0.2, 0.25) is 5.02 Å². The van der Waals surface area contributed by atoms with Gasteiger partial charge in [-0.05, 0) is 0 Å². The van der Waals surface area contributed by atoms with Gasteiger partial charge in [0.25, 0.3) is 0 Å². The fourth-order valence-corrected chi connectivity index (χ4v) is 1.10. The van der Waals surface area contributed by atoms with Gasteiger partial charge in [0.2, 0.25) is 0 Å². The van der Waals surface area contributed by atoms with E-state index in [4.69, 9.17) is 16.7 Å². The highest BCUT2D eigenvalue weighted by molar-refractivity contribution is 6.30. The molecule has 0 saturated carbocycles. The standard InChI is InChI=1S/C7H4ClN3O2/c8-4-1-6-10-5(7(12)13)3-11(6)9-2-4/h1-3H,(H,12,13). The molecule has 0 aliphatic carbocycles. The molecule has 0 aromatic carbocycles. The molecule has 6 heteroatoms. The molecule has 0 fully saturated rings. The summed E-state index contributed by atoms with van der Waals surface area (Å²) >= 11 is 5.64. The summed E-state index contributed by atoms with van der Waals surface area (Å²) in [7, 11) is 0. The van der Waals surface area contributed by atoms with Gasteiger partial charge in [0, 0.05) is 6.07 Å². The Balaban J connectivity index is 2.68. The Morgan fingerprint density at radius 1 is 1.62 bits per heavy atom. The second-order valence-electron chi connectivity index (χ2n) is 2.41. The van der Waals surface area contributed by atoms with E-state index in [9.17, 15) is 4.79 Å². The van der Waals surface area contributed by atoms with Crippen LogP contribution in [0, 0.1) is 0 Å². The van der Waals surface area contributed by atoms with Gasteiger partial charge in [-0.15, -0.1) is 0 Å². The van der Waals surface area contributed by atoms with Crippen molar-refractivity contribution in [3.8, 4) is 0 Å². The molecule has 2 aromatic rings. The Bertz CT molecular complexity index is 480. The monoisotopic (exact) mass is 197 g/mol. The number of nitrogens with zero attached hydrogens (tertiary/aromatic N) is 3. The molecular weight excluding hydrogens is 194 g/mol. The van der Waals surface area contributed by atoms with Crippen molar-refractivity contribution < 1.29 is 9.90 Å².